The molecular weight excluding hydrogens is 200 g/mol. The summed E-state index contributed by atoms with van der Waals surface area (Å²) in [5, 5.41) is 0. The summed E-state index contributed by atoms with van der Waals surface area (Å²) in [7, 11) is 0. The number of carbonyl (C=O) groups excluding carboxylic acids is 1. The van der Waals surface area contributed by atoms with Crippen molar-refractivity contribution in [1.82, 2.24) is 0 Å². The maximum atomic E-state index is 11.1. The minimum absolute atomic E-state index is 0.0515. The molecule has 1 aliphatic heterocycles. The van der Waals surface area contributed by atoms with E-state index in [9.17, 15) is 4.79 Å². The average Bonchev–Trinajstić information content (AvgIpc) is 2.30. The summed E-state index contributed by atoms with van der Waals surface area (Å²) in [6.45, 7) is 0.586. The molecule has 2 rings (SSSR count). The number of cyclic esters (lactones) is 1. The van der Waals surface area contributed by atoms with Crippen LogP contribution in [0.1, 0.15) is 24.8 Å². The summed E-state index contributed by atoms with van der Waals surface area (Å²) in [6.07, 6.45) is 6.78. The second-order valence-electron chi connectivity index (χ2n) is 4.13. The van der Waals surface area contributed by atoms with Crippen LogP contribution in [0.15, 0.2) is 36.4 Å². The van der Waals surface area contributed by atoms with Gasteiger partial charge in [0.2, 0.25) is 0 Å². The van der Waals surface area contributed by atoms with Gasteiger partial charge in [-0.15, -0.1) is 0 Å². The Morgan fingerprint density at radius 3 is 2.88 bits per heavy atom. The fourth-order valence-electron chi connectivity index (χ4n) is 1.90. The highest BCUT2D eigenvalue weighted by atomic mass is 16.5. The second-order valence-corrected chi connectivity index (χ2v) is 4.13. The largest absolute Gasteiger partial charge is 0.466 e. The van der Waals surface area contributed by atoms with Crippen LogP contribution in [0.3, 0.4) is 0 Å². The number of ether oxygens (including phenoxy) is 1. The molecule has 0 aliphatic carbocycles. The Labute approximate surface area is 95.9 Å². The van der Waals surface area contributed by atoms with E-state index in [2.05, 4.69) is 24.3 Å². The minimum Gasteiger partial charge on any atom is -0.466 e. The molecule has 0 amide bonds. The van der Waals surface area contributed by atoms with E-state index < -0.39 is 0 Å². The Kier molecular flexibility index (Phi) is 3.76. The molecule has 1 atom stereocenters. The molecular formula is C14H16O2. The summed E-state index contributed by atoms with van der Waals surface area (Å²) in [5.41, 5.74) is 1.21. The van der Waals surface area contributed by atoms with Gasteiger partial charge in [-0.05, 0) is 24.3 Å². The van der Waals surface area contributed by atoms with Crippen LogP contribution >= 0.6 is 0 Å². The van der Waals surface area contributed by atoms with E-state index in [0.29, 0.717) is 18.9 Å². The highest BCUT2D eigenvalue weighted by Crippen LogP contribution is 2.20. The van der Waals surface area contributed by atoms with Gasteiger partial charge in [-0.25, -0.2) is 0 Å². The fraction of sp³-hybridized carbons (Fsp3) is 0.357. The first-order valence-corrected chi connectivity index (χ1v) is 5.72. The first kappa shape index (κ1) is 10.9. The van der Waals surface area contributed by atoms with Crippen molar-refractivity contribution in [2.45, 2.75) is 19.3 Å². The number of esters is 1. The SMILES string of the molecule is O=C1C[C@H](C/C=C/c2ccccc2)CCO1. The molecule has 84 valence electrons. The maximum absolute atomic E-state index is 11.1. The lowest BCUT2D eigenvalue weighted by molar-refractivity contribution is -0.149. The van der Waals surface area contributed by atoms with E-state index in [0.717, 1.165) is 12.8 Å². The molecule has 2 heteroatoms. The molecule has 0 radical (unpaired) electrons. The Balaban J connectivity index is 1.83. The molecule has 2 nitrogen and oxygen atoms in total. The van der Waals surface area contributed by atoms with Gasteiger partial charge in [0.15, 0.2) is 0 Å². The van der Waals surface area contributed by atoms with Gasteiger partial charge in [-0.3, -0.25) is 4.79 Å². The number of benzene rings is 1. The summed E-state index contributed by atoms with van der Waals surface area (Å²) in [6, 6.07) is 10.2. The minimum atomic E-state index is -0.0515. The third kappa shape index (κ3) is 3.23. The van der Waals surface area contributed by atoms with Gasteiger partial charge < -0.3 is 4.74 Å². The van der Waals surface area contributed by atoms with Crippen molar-refractivity contribution in [3.63, 3.8) is 0 Å². The van der Waals surface area contributed by atoms with Crippen LogP contribution in [0.4, 0.5) is 0 Å². The Bertz CT molecular complexity index is 368. The lowest BCUT2D eigenvalue weighted by atomic mass is 9.96. The zero-order valence-electron chi connectivity index (χ0n) is 9.26. The van der Waals surface area contributed by atoms with Crippen LogP contribution in [-0.4, -0.2) is 12.6 Å². The van der Waals surface area contributed by atoms with Crippen molar-refractivity contribution in [2.24, 2.45) is 5.92 Å². The van der Waals surface area contributed by atoms with E-state index in [1.165, 1.54) is 5.56 Å². The number of carbonyl (C=O) groups is 1. The molecule has 0 unspecified atom stereocenters. The topological polar surface area (TPSA) is 26.3 Å². The predicted octanol–water partition coefficient (Wildman–Crippen LogP) is 3.04. The molecule has 1 heterocycles. The van der Waals surface area contributed by atoms with Crippen LogP contribution in [0.5, 0.6) is 0 Å². The number of rotatable bonds is 3. The van der Waals surface area contributed by atoms with E-state index in [-0.39, 0.29) is 5.97 Å². The lowest BCUT2D eigenvalue weighted by Crippen LogP contribution is -2.20. The normalized spacial score (nSPS) is 21.0. The molecule has 1 aromatic carbocycles. The smallest absolute Gasteiger partial charge is 0.306 e. The van der Waals surface area contributed by atoms with Crippen LogP contribution in [0.2, 0.25) is 0 Å². The van der Waals surface area contributed by atoms with Crippen molar-refractivity contribution >= 4 is 12.0 Å². The van der Waals surface area contributed by atoms with Crippen molar-refractivity contribution < 1.29 is 9.53 Å². The molecule has 0 bridgehead atoms. The average molecular weight is 216 g/mol. The molecule has 1 fully saturated rings. The van der Waals surface area contributed by atoms with Crippen molar-refractivity contribution in [1.29, 1.82) is 0 Å². The van der Waals surface area contributed by atoms with Crippen LogP contribution in [0.25, 0.3) is 6.08 Å². The highest BCUT2D eigenvalue weighted by molar-refractivity contribution is 5.70. The van der Waals surface area contributed by atoms with Gasteiger partial charge in [-0.2, -0.15) is 0 Å². The van der Waals surface area contributed by atoms with E-state index >= 15 is 0 Å². The monoisotopic (exact) mass is 216 g/mol. The first-order chi connectivity index (χ1) is 7.84. The molecule has 0 aromatic heterocycles. The van der Waals surface area contributed by atoms with E-state index in [4.69, 9.17) is 4.74 Å². The molecule has 1 aromatic rings. The molecule has 1 saturated heterocycles. The number of hydrogen-bond donors (Lipinski definition) is 0. The molecule has 1 aliphatic rings. The Hall–Kier alpha value is -1.57. The molecule has 0 saturated carbocycles. The van der Waals surface area contributed by atoms with Crippen LogP contribution < -0.4 is 0 Å². The predicted molar refractivity (Wildman–Crippen MR) is 63.8 cm³/mol. The Morgan fingerprint density at radius 1 is 1.31 bits per heavy atom. The molecule has 0 N–H and O–H groups in total. The van der Waals surface area contributed by atoms with Gasteiger partial charge in [0.05, 0.1) is 6.61 Å². The van der Waals surface area contributed by atoms with Gasteiger partial charge in [-0.1, -0.05) is 42.5 Å². The fourth-order valence-corrected chi connectivity index (χ4v) is 1.90. The summed E-state index contributed by atoms with van der Waals surface area (Å²) in [5.74, 6) is 0.408. The van der Waals surface area contributed by atoms with Crippen LogP contribution in [-0.2, 0) is 9.53 Å². The third-order valence-electron chi connectivity index (χ3n) is 2.82. The van der Waals surface area contributed by atoms with Gasteiger partial charge >= 0.3 is 5.97 Å². The van der Waals surface area contributed by atoms with E-state index in [1.807, 2.05) is 18.2 Å². The molecule has 16 heavy (non-hydrogen) atoms. The zero-order chi connectivity index (χ0) is 11.2. The second kappa shape index (κ2) is 5.50. The standard InChI is InChI=1S/C14H16O2/c15-14-11-13(9-10-16-14)8-4-7-12-5-2-1-3-6-12/h1-7,13H,8-11H2/b7-4+/t13-/m1/s1. The van der Waals surface area contributed by atoms with Gasteiger partial charge in [0.25, 0.3) is 0 Å². The number of hydrogen-bond acceptors (Lipinski definition) is 2. The summed E-state index contributed by atoms with van der Waals surface area (Å²) >= 11 is 0. The quantitative estimate of drug-likeness (QED) is 0.726. The highest BCUT2D eigenvalue weighted by Gasteiger charge is 2.18. The molecule has 0 spiro atoms. The zero-order valence-corrected chi connectivity index (χ0v) is 9.26. The Morgan fingerprint density at radius 2 is 2.12 bits per heavy atom. The third-order valence-corrected chi connectivity index (χ3v) is 2.82. The van der Waals surface area contributed by atoms with Gasteiger partial charge in [0.1, 0.15) is 0 Å². The van der Waals surface area contributed by atoms with Crippen molar-refractivity contribution in [3.8, 4) is 0 Å². The van der Waals surface area contributed by atoms with E-state index in [1.54, 1.807) is 0 Å². The van der Waals surface area contributed by atoms with Gasteiger partial charge in [0, 0.05) is 6.42 Å². The van der Waals surface area contributed by atoms with Crippen LogP contribution in [0, 0.1) is 5.92 Å². The number of allylic oxidation sites excluding steroid dienone is 1. The maximum Gasteiger partial charge on any atom is 0.306 e. The summed E-state index contributed by atoms with van der Waals surface area (Å²) < 4.78 is 4.91. The first-order valence-electron chi connectivity index (χ1n) is 5.72. The van der Waals surface area contributed by atoms with Crippen molar-refractivity contribution in [3.05, 3.63) is 42.0 Å². The van der Waals surface area contributed by atoms with Crippen molar-refractivity contribution in [2.75, 3.05) is 6.61 Å². The lowest BCUT2D eigenvalue weighted by Gasteiger charge is -2.19. The summed E-state index contributed by atoms with van der Waals surface area (Å²) in [4.78, 5) is 11.1.